The molecule has 9 nitrogen and oxygen atoms in total. The zero-order valence-electron chi connectivity index (χ0n) is 18.3. The van der Waals surface area contributed by atoms with E-state index in [0.717, 1.165) is 19.3 Å². The number of allylic oxidation sites excluding steroid dienone is 5. The number of carbonyl (C=O) groups is 2. The normalized spacial score (nSPS) is 14.7. The lowest BCUT2D eigenvalue weighted by Crippen LogP contribution is -2.40. The van der Waals surface area contributed by atoms with Crippen molar-refractivity contribution in [3.8, 4) is 0 Å². The van der Waals surface area contributed by atoms with Crippen LogP contribution in [0.4, 0.5) is 0 Å². The summed E-state index contributed by atoms with van der Waals surface area (Å²) in [5, 5.41) is 30.9. The average Bonchev–Trinajstić information content (AvgIpc) is 2.71. The van der Waals surface area contributed by atoms with Gasteiger partial charge in [0.05, 0.1) is 12.2 Å². The van der Waals surface area contributed by atoms with Gasteiger partial charge in [-0.2, -0.15) is 0 Å². The molecule has 176 valence electrons. The third-order valence-electron chi connectivity index (χ3n) is 4.45. The largest absolute Gasteiger partial charge is 0.480 e. The number of amides is 1. The fourth-order valence-electron chi connectivity index (χ4n) is 2.67. The van der Waals surface area contributed by atoms with Crippen LogP contribution in [0.15, 0.2) is 41.4 Å². The number of nitrogens with zero attached hydrogens (tertiary/aromatic N) is 1. The predicted octanol–water partition coefficient (Wildman–Crippen LogP) is 1.36. The second-order valence-electron chi connectivity index (χ2n) is 7.26. The number of carboxylic acid groups (broad SMARTS) is 1. The van der Waals surface area contributed by atoms with Gasteiger partial charge in [0.15, 0.2) is 5.96 Å². The van der Waals surface area contributed by atoms with Crippen molar-refractivity contribution in [3.05, 3.63) is 36.5 Å². The first-order chi connectivity index (χ1) is 14.8. The first kappa shape index (κ1) is 28.4. The molecule has 0 aromatic carbocycles. The molecule has 0 aromatic heterocycles. The Kier molecular flexibility index (Phi) is 16.6. The number of unbranched alkanes of at least 4 members (excludes halogenated alkanes) is 2. The highest BCUT2D eigenvalue weighted by Crippen LogP contribution is 2.10. The predicted molar refractivity (Wildman–Crippen MR) is 122 cm³/mol. The molecule has 8 N–H and O–H groups in total. The summed E-state index contributed by atoms with van der Waals surface area (Å²) in [5.74, 6) is -1.66. The molecule has 0 heterocycles. The lowest BCUT2D eigenvalue weighted by Gasteiger charge is -2.13. The highest BCUT2D eigenvalue weighted by molar-refractivity contribution is 5.91. The number of hydrogen-bond donors (Lipinski definition) is 6. The number of aliphatic carboxylic acids is 1. The first-order valence-corrected chi connectivity index (χ1v) is 10.7. The van der Waals surface area contributed by atoms with Crippen LogP contribution in [0.25, 0.3) is 0 Å². The second-order valence-corrected chi connectivity index (χ2v) is 7.26. The number of carbonyl (C=O) groups excluding carboxylic acids is 1. The molecular formula is C22H38N4O5. The van der Waals surface area contributed by atoms with E-state index in [2.05, 4.69) is 10.3 Å². The minimum atomic E-state index is -1.11. The van der Waals surface area contributed by atoms with Crippen LogP contribution in [0, 0.1) is 0 Å². The van der Waals surface area contributed by atoms with Crippen LogP contribution in [-0.2, 0) is 9.59 Å². The van der Waals surface area contributed by atoms with E-state index in [1.54, 1.807) is 12.2 Å². The average molecular weight is 439 g/mol. The van der Waals surface area contributed by atoms with Crippen LogP contribution in [-0.4, -0.2) is 58.0 Å². The van der Waals surface area contributed by atoms with Gasteiger partial charge in [-0.1, -0.05) is 43.7 Å². The Morgan fingerprint density at radius 1 is 1.00 bits per heavy atom. The van der Waals surface area contributed by atoms with Crippen molar-refractivity contribution in [2.45, 2.75) is 76.5 Å². The molecular weight excluding hydrogens is 400 g/mol. The number of aliphatic imine (C=N–C) groups is 1. The van der Waals surface area contributed by atoms with Gasteiger partial charge in [-0.05, 0) is 44.9 Å². The fourth-order valence-corrected chi connectivity index (χ4v) is 2.67. The Hall–Kier alpha value is -2.65. The molecule has 0 saturated heterocycles. The summed E-state index contributed by atoms with van der Waals surface area (Å²) in [6, 6.07) is -1.00. The molecule has 0 aliphatic carbocycles. The van der Waals surface area contributed by atoms with Gasteiger partial charge in [0.1, 0.15) is 6.04 Å². The quantitative estimate of drug-likeness (QED) is 0.0654. The minimum absolute atomic E-state index is 0.0540. The summed E-state index contributed by atoms with van der Waals surface area (Å²) in [4.78, 5) is 26.8. The van der Waals surface area contributed by atoms with Crippen LogP contribution in [0.2, 0.25) is 0 Å². The van der Waals surface area contributed by atoms with Crippen molar-refractivity contribution in [1.29, 1.82) is 0 Å². The second kappa shape index (κ2) is 18.1. The maximum Gasteiger partial charge on any atom is 0.326 e. The maximum atomic E-state index is 11.8. The van der Waals surface area contributed by atoms with Gasteiger partial charge in [0.2, 0.25) is 5.91 Å². The Morgan fingerprint density at radius 2 is 1.71 bits per heavy atom. The highest BCUT2D eigenvalue weighted by atomic mass is 16.4. The SMILES string of the molecule is CC[C@H](O)C[C@H](O)CCCC\C=C/C=C\C=C\C(=O)N[C@@H](CCCN=C(N)N)C(=O)O. The van der Waals surface area contributed by atoms with Crippen LogP contribution < -0.4 is 16.8 Å². The molecule has 0 aliphatic rings. The summed E-state index contributed by atoms with van der Waals surface area (Å²) in [5.41, 5.74) is 10.4. The van der Waals surface area contributed by atoms with Crippen molar-refractivity contribution in [1.82, 2.24) is 5.32 Å². The van der Waals surface area contributed by atoms with E-state index in [1.807, 2.05) is 19.1 Å². The third kappa shape index (κ3) is 17.9. The van der Waals surface area contributed by atoms with Gasteiger partial charge in [-0.25, -0.2) is 4.79 Å². The monoisotopic (exact) mass is 438 g/mol. The number of carboxylic acids is 1. The topological polar surface area (TPSA) is 171 Å². The van der Waals surface area contributed by atoms with E-state index in [4.69, 9.17) is 16.6 Å². The summed E-state index contributed by atoms with van der Waals surface area (Å²) in [6.07, 6.45) is 14.4. The van der Waals surface area contributed by atoms with E-state index in [0.29, 0.717) is 32.2 Å². The summed E-state index contributed by atoms with van der Waals surface area (Å²) in [7, 11) is 0. The fraction of sp³-hybridized carbons (Fsp3) is 0.591. The van der Waals surface area contributed by atoms with E-state index < -0.39 is 30.1 Å². The minimum Gasteiger partial charge on any atom is -0.480 e. The molecule has 1 amide bonds. The van der Waals surface area contributed by atoms with E-state index in [-0.39, 0.29) is 12.4 Å². The Labute approximate surface area is 184 Å². The molecule has 0 bridgehead atoms. The van der Waals surface area contributed by atoms with Crippen LogP contribution in [0.5, 0.6) is 0 Å². The van der Waals surface area contributed by atoms with Gasteiger partial charge in [-0.3, -0.25) is 9.79 Å². The van der Waals surface area contributed by atoms with Crippen molar-refractivity contribution in [3.63, 3.8) is 0 Å². The summed E-state index contributed by atoms with van der Waals surface area (Å²) < 4.78 is 0. The standard InChI is InChI=1S/C22H38N4O5/c1-2-17(27)16-18(28)12-9-7-5-3-4-6-8-10-14-20(29)26-19(21(30)31)13-11-15-25-22(23)24/h3-4,6,8,10,14,17-19,27-28H,2,5,7,9,11-13,15-16H2,1H3,(H,26,29)(H,30,31)(H4,23,24,25)/b4-3-,8-6-,14-10+/t17-,18+,19-/m0/s1. The zero-order valence-corrected chi connectivity index (χ0v) is 18.3. The van der Waals surface area contributed by atoms with Gasteiger partial charge in [-0.15, -0.1) is 0 Å². The molecule has 0 rings (SSSR count). The first-order valence-electron chi connectivity index (χ1n) is 10.7. The number of hydrogen-bond acceptors (Lipinski definition) is 5. The van der Waals surface area contributed by atoms with Crippen LogP contribution in [0.1, 0.15) is 58.3 Å². The summed E-state index contributed by atoms with van der Waals surface area (Å²) >= 11 is 0. The Morgan fingerprint density at radius 3 is 2.35 bits per heavy atom. The number of nitrogens with two attached hydrogens (primary N) is 2. The maximum absolute atomic E-state index is 11.8. The van der Waals surface area contributed by atoms with Crippen molar-refractivity contribution in [2.75, 3.05) is 6.54 Å². The molecule has 3 atom stereocenters. The lowest BCUT2D eigenvalue weighted by atomic mass is 10.0. The van der Waals surface area contributed by atoms with Gasteiger partial charge < -0.3 is 32.1 Å². The molecule has 0 aromatic rings. The van der Waals surface area contributed by atoms with E-state index >= 15 is 0 Å². The number of aliphatic hydroxyl groups is 2. The Balaban J connectivity index is 4.05. The Bertz CT molecular complexity index is 627. The van der Waals surface area contributed by atoms with Gasteiger partial charge in [0, 0.05) is 12.6 Å². The van der Waals surface area contributed by atoms with E-state index in [9.17, 15) is 19.8 Å². The number of aliphatic hydroxyl groups excluding tert-OH is 2. The summed E-state index contributed by atoms with van der Waals surface area (Å²) in [6.45, 7) is 2.19. The third-order valence-corrected chi connectivity index (χ3v) is 4.45. The molecule has 0 saturated carbocycles. The van der Waals surface area contributed by atoms with Gasteiger partial charge in [0.25, 0.3) is 0 Å². The molecule has 9 heteroatoms. The van der Waals surface area contributed by atoms with Gasteiger partial charge >= 0.3 is 5.97 Å². The van der Waals surface area contributed by atoms with Crippen molar-refractivity contribution in [2.24, 2.45) is 16.5 Å². The van der Waals surface area contributed by atoms with Crippen LogP contribution >= 0.6 is 0 Å². The molecule has 0 radical (unpaired) electrons. The van der Waals surface area contributed by atoms with E-state index in [1.165, 1.54) is 12.2 Å². The molecule has 0 aliphatic heterocycles. The lowest BCUT2D eigenvalue weighted by molar-refractivity contribution is -0.141. The number of nitrogens with one attached hydrogen (secondary N) is 1. The molecule has 0 spiro atoms. The number of guanidine groups is 1. The van der Waals surface area contributed by atoms with Crippen molar-refractivity contribution >= 4 is 17.8 Å². The van der Waals surface area contributed by atoms with Crippen molar-refractivity contribution < 1.29 is 24.9 Å². The van der Waals surface area contributed by atoms with Crippen LogP contribution in [0.3, 0.4) is 0 Å². The molecule has 0 unspecified atom stereocenters. The molecule has 0 fully saturated rings. The highest BCUT2D eigenvalue weighted by Gasteiger charge is 2.18. The number of rotatable bonds is 17. The zero-order chi connectivity index (χ0) is 23.5. The molecule has 31 heavy (non-hydrogen) atoms. The smallest absolute Gasteiger partial charge is 0.326 e.